The molecular weight excluding hydrogens is 325 g/mol. The molecule has 0 atom stereocenters. The summed E-state index contributed by atoms with van der Waals surface area (Å²) in [6, 6.07) is 13.2. The van der Waals surface area contributed by atoms with E-state index in [-0.39, 0.29) is 23.7 Å². The molecule has 3 rings (SSSR count). The number of hydrogen-bond donors (Lipinski definition) is 0. The summed E-state index contributed by atoms with van der Waals surface area (Å²) >= 11 is 4.59. The third kappa shape index (κ3) is 3.88. The minimum absolute atomic E-state index is 0.248. The van der Waals surface area contributed by atoms with Crippen molar-refractivity contribution in [2.75, 3.05) is 7.11 Å². The van der Waals surface area contributed by atoms with Gasteiger partial charge in [-0.2, -0.15) is 0 Å². The summed E-state index contributed by atoms with van der Waals surface area (Å²) in [5, 5.41) is 2.42. The minimum Gasteiger partial charge on any atom is -0.494 e. The van der Waals surface area contributed by atoms with Gasteiger partial charge >= 0.3 is 0 Å². The lowest BCUT2D eigenvalue weighted by Crippen LogP contribution is -2.34. The number of thiocarbonyl (C=S) groups is 1. The molecule has 2 aromatic carbocycles. The lowest BCUT2D eigenvalue weighted by molar-refractivity contribution is -0.0182. The molecule has 0 bridgehead atoms. The Morgan fingerprint density at radius 3 is 2.50 bits per heavy atom. The fraction of sp³-hybridized carbons (Fsp3) is 0.316. The van der Waals surface area contributed by atoms with E-state index in [0.717, 1.165) is 29.5 Å². The Bertz CT molecular complexity index is 750. The van der Waals surface area contributed by atoms with Crippen molar-refractivity contribution in [1.82, 2.24) is 0 Å². The number of isothiocyanates is 1. The monoisotopic (exact) mass is 343 g/mol. The van der Waals surface area contributed by atoms with Crippen LogP contribution in [0.1, 0.15) is 18.4 Å². The molecule has 124 valence electrons. The van der Waals surface area contributed by atoms with Crippen LogP contribution in [-0.4, -0.2) is 24.4 Å². The number of methoxy groups -OCH3 is 1. The van der Waals surface area contributed by atoms with Crippen LogP contribution >= 0.6 is 12.2 Å². The topological polar surface area (TPSA) is 30.8 Å². The van der Waals surface area contributed by atoms with Crippen LogP contribution in [0.5, 0.6) is 5.75 Å². The highest BCUT2D eigenvalue weighted by molar-refractivity contribution is 7.78. The average molecular weight is 343 g/mol. The number of benzene rings is 2. The lowest BCUT2D eigenvalue weighted by Gasteiger charge is -2.31. The van der Waals surface area contributed by atoms with Crippen molar-refractivity contribution in [3.63, 3.8) is 0 Å². The summed E-state index contributed by atoms with van der Waals surface area (Å²) in [5.74, 6) is -0.110. The maximum atomic E-state index is 13.8. The Labute approximate surface area is 146 Å². The van der Waals surface area contributed by atoms with Gasteiger partial charge in [-0.3, -0.25) is 0 Å². The van der Waals surface area contributed by atoms with Gasteiger partial charge < -0.3 is 9.47 Å². The largest absolute Gasteiger partial charge is 0.494 e. The number of ether oxygens (including phenoxy) is 2. The number of hydrogen-bond acceptors (Lipinski definition) is 4. The van der Waals surface area contributed by atoms with Gasteiger partial charge in [0.2, 0.25) is 0 Å². The van der Waals surface area contributed by atoms with E-state index in [1.54, 1.807) is 6.07 Å². The Morgan fingerprint density at radius 2 is 1.88 bits per heavy atom. The number of aliphatic imine (C=N–C) groups is 1. The molecular formula is C19H18FNO2S. The molecule has 5 heteroatoms. The highest BCUT2D eigenvalue weighted by atomic mass is 32.1. The molecule has 24 heavy (non-hydrogen) atoms. The van der Waals surface area contributed by atoms with Crippen molar-refractivity contribution in [3.8, 4) is 16.9 Å². The maximum Gasteiger partial charge on any atom is 0.165 e. The summed E-state index contributed by atoms with van der Waals surface area (Å²) in [4.78, 5) is 4.04. The third-order valence-corrected chi connectivity index (χ3v) is 4.34. The van der Waals surface area contributed by atoms with Crippen LogP contribution in [0.25, 0.3) is 11.1 Å². The van der Waals surface area contributed by atoms with E-state index in [9.17, 15) is 4.39 Å². The molecule has 0 unspecified atom stereocenters. The van der Waals surface area contributed by atoms with Crippen molar-refractivity contribution in [2.45, 2.75) is 31.6 Å². The summed E-state index contributed by atoms with van der Waals surface area (Å²) in [6.07, 6.45) is 2.07. The van der Waals surface area contributed by atoms with Gasteiger partial charge in [0.1, 0.15) is 0 Å². The van der Waals surface area contributed by atoms with E-state index in [2.05, 4.69) is 22.4 Å². The normalized spacial score (nSPS) is 19.2. The molecule has 1 saturated carbocycles. The number of halogens is 1. The molecule has 0 N–H and O–H groups in total. The molecule has 0 aromatic heterocycles. The minimum atomic E-state index is -0.360. The van der Waals surface area contributed by atoms with E-state index < -0.39 is 0 Å². The number of nitrogens with zero attached hydrogens (tertiary/aromatic N) is 1. The average Bonchev–Trinajstić information content (AvgIpc) is 2.57. The second kappa shape index (κ2) is 7.67. The molecule has 2 aromatic rings. The zero-order valence-corrected chi connectivity index (χ0v) is 14.2. The molecule has 0 heterocycles. The Kier molecular flexibility index (Phi) is 5.36. The summed E-state index contributed by atoms with van der Waals surface area (Å²) in [5.41, 5.74) is 2.87. The summed E-state index contributed by atoms with van der Waals surface area (Å²) in [6.45, 7) is 0.565. The van der Waals surface area contributed by atoms with Crippen LogP contribution in [0.2, 0.25) is 0 Å². The SMILES string of the molecule is COc1ccc(-c2ccc(CO[C@H]3C[C@H](N=C=S)C3)cc2)cc1F. The van der Waals surface area contributed by atoms with Crippen molar-refractivity contribution >= 4 is 17.4 Å². The standard InChI is InChI=1S/C19H18FNO2S/c1-22-19-7-6-15(8-18(19)20)14-4-2-13(3-5-14)11-23-17-9-16(10-17)21-12-24/h2-8,16-17H,9-11H2,1H3/t16-,17-. The molecule has 1 fully saturated rings. The predicted octanol–water partition coefficient (Wildman–Crippen LogP) is 4.65. The van der Waals surface area contributed by atoms with Gasteiger partial charge in [-0.1, -0.05) is 30.3 Å². The van der Waals surface area contributed by atoms with Gasteiger partial charge in [0.15, 0.2) is 11.6 Å². The molecule has 0 aliphatic heterocycles. The summed E-state index contributed by atoms with van der Waals surface area (Å²) in [7, 11) is 1.46. The quantitative estimate of drug-likeness (QED) is 0.565. The fourth-order valence-electron chi connectivity index (χ4n) is 2.71. The molecule has 0 radical (unpaired) electrons. The van der Waals surface area contributed by atoms with Crippen molar-refractivity contribution < 1.29 is 13.9 Å². The summed E-state index contributed by atoms with van der Waals surface area (Å²) < 4.78 is 24.6. The van der Waals surface area contributed by atoms with E-state index >= 15 is 0 Å². The van der Waals surface area contributed by atoms with Crippen LogP contribution < -0.4 is 4.74 Å². The van der Waals surface area contributed by atoms with Crippen LogP contribution in [0.4, 0.5) is 4.39 Å². The maximum absolute atomic E-state index is 13.8. The molecule has 0 amide bonds. The third-order valence-electron chi connectivity index (χ3n) is 4.23. The van der Waals surface area contributed by atoms with E-state index in [1.165, 1.54) is 13.2 Å². The van der Waals surface area contributed by atoms with Gasteiger partial charge in [-0.15, -0.1) is 0 Å². The molecule has 1 aliphatic carbocycles. The first-order valence-electron chi connectivity index (χ1n) is 7.81. The lowest BCUT2D eigenvalue weighted by atomic mass is 9.90. The Hall–Kier alpha value is -2.07. The van der Waals surface area contributed by atoms with Crippen LogP contribution in [-0.2, 0) is 11.3 Å². The number of rotatable bonds is 6. The first-order chi connectivity index (χ1) is 11.7. The van der Waals surface area contributed by atoms with Crippen LogP contribution in [0, 0.1) is 5.82 Å². The van der Waals surface area contributed by atoms with Crippen molar-refractivity contribution in [2.24, 2.45) is 4.99 Å². The molecule has 0 spiro atoms. The van der Waals surface area contributed by atoms with E-state index in [4.69, 9.17) is 9.47 Å². The Morgan fingerprint density at radius 1 is 1.17 bits per heavy atom. The van der Waals surface area contributed by atoms with Gasteiger partial charge in [0.25, 0.3) is 0 Å². The fourth-order valence-corrected chi connectivity index (χ4v) is 2.86. The van der Waals surface area contributed by atoms with Gasteiger partial charge in [0.05, 0.1) is 31.0 Å². The molecule has 1 aliphatic rings. The van der Waals surface area contributed by atoms with E-state index in [0.29, 0.717) is 6.61 Å². The highest BCUT2D eigenvalue weighted by Crippen LogP contribution is 2.28. The molecule has 0 saturated heterocycles. The van der Waals surface area contributed by atoms with Crippen LogP contribution in [0.15, 0.2) is 47.5 Å². The van der Waals surface area contributed by atoms with Crippen LogP contribution in [0.3, 0.4) is 0 Å². The zero-order valence-electron chi connectivity index (χ0n) is 13.4. The smallest absolute Gasteiger partial charge is 0.165 e. The van der Waals surface area contributed by atoms with Crippen molar-refractivity contribution in [1.29, 1.82) is 0 Å². The second-order valence-electron chi connectivity index (χ2n) is 5.82. The van der Waals surface area contributed by atoms with E-state index in [1.807, 2.05) is 30.3 Å². The molecule has 3 nitrogen and oxygen atoms in total. The zero-order chi connectivity index (χ0) is 16.9. The first kappa shape index (κ1) is 16.8. The predicted molar refractivity (Wildman–Crippen MR) is 95.0 cm³/mol. The van der Waals surface area contributed by atoms with Gasteiger partial charge in [-0.05, 0) is 53.9 Å². The second-order valence-corrected chi connectivity index (χ2v) is 6.01. The van der Waals surface area contributed by atoms with Gasteiger partial charge in [-0.25, -0.2) is 9.38 Å². The highest BCUT2D eigenvalue weighted by Gasteiger charge is 2.29. The Balaban J connectivity index is 1.57. The first-order valence-corrected chi connectivity index (χ1v) is 8.22. The van der Waals surface area contributed by atoms with Crippen molar-refractivity contribution in [3.05, 3.63) is 53.8 Å². The van der Waals surface area contributed by atoms with Gasteiger partial charge in [0, 0.05) is 0 Å².